The summed E-state index contributed by atoms with van der Waals surface area (Å²) in [5.74, 6) is 0.439. The van der Waals surface area contributed by atoms with Crippen molar-refractivity contribution >= 4 is 5.91 Å². The lowest BCUT2D eigenvalue weighted by molar-refractivity contribution is -0.131. The highest BCUT2D eigenvalue weighted by Gasteiger charge is 2.29. The molecule has 1 amide bonds. The van der Waals surface area contributed by atoms with Crippen molar-refractivity contribution in [1.82, 2.24) is 14.8 Å². The quantitative estimate of drug-likeness (QED) is 0.759. The van der Waals surface area contributed by atoms with Crippen LogP contribution in [-0.2, 0) is 17.8 Å². The second-order valence-corrected chi connectivity index (χ2v) is 7.92. The van der Waals surface area contributed by atoms with Crippen LogP contribution in [0.25, 0.3) is 0 Å². The van der Waals surface area contributed by atoms with Gasteiger partial charge in [0.1, 0.15) is 5.82 Å². The number of pyridine rings is 1. The highest BCUT2D eigenvalue weighted by atomic mass is 19.1. The summed E-state index contributed by atoms with van der Waals surface area (Å²) in [4.78, 5) is 21.6. The minimum atomic E-state index is -0.204. The number of hydrogen-bond donors (Lipinski definition) is 0. The number of carbonyl (C=O) groups excluding carboxylic acids is 1. The minimum absolute atomic E-state index is 0.204. The zero-order chi connectivity index (χ0) is 19.9. The molecule has 0 radical (unpaired) electrons. The molecule has 1 aliphatic heterocycles. The summed E-state index contributed by atoms with van der Waals surface area (Å²) in [6, 6.07) is 12.9. The Morgan fingerprint density at radius 3 is 2.64 bits per heavy atom. The molecule has 0 bridgehead atoms. The third-order valence-corrected chi connectivity index (χ3v) is 5.49. The van der Waals surface area contributed by atoms with Crippen LogP contribution in [0.5, 0.6) is 0 Å². The van der Waals surface area contributed by atoms with Gasteiger partial charge in [-0.25, -0.2) is 4.39 Å². The summed E-state index contributed by atoms with van der Waals surface area (Å²) >= 11 is 0. The number of rotatable bonds is 6. The van der Waals surface area contributed by atoms with E-state index in [1.807, 2.05) is 35.2 Å². The van der Waals surface area contributed by atoms with Gasteiger partial charge >= 0.3 is 0 Å². The van der Waals surface area contributed by atoms with E-state index in [4.69, 9.17) is 0 Å². The first kappa shape index (κ1) is 20.5. The maximum atomic E-state index is 13.2. The van der Waals surface area contributed by atoms with Crippen molar-refractivity contribution in [2.24, 2.45) is 5.92 Å². The lowest BCUT2D eigenvalue weighted by Crippen LogP contribution is -2.45. The van der Waals surface area contributed by atoms with E-state index < -0.39 is 0 Å². The average molecular weight is 384 g/mol. The molecule has 1 unspecified atom stereocenters. The van der Waals surface area contributed by atoms with Crippen molar-refractivity contribution in [2.75, 3.05) is 19.6 Å². The van der Waals surface area contributed by atoms with Gasteiger partial charge in [0.15, 0.2) is 0 Å². The van der Waals surface area contributed by atoms with Crippen molar-refractivity contribution in [3.05, 3.63) is 65.7 Å². The number of aryl methyl sites for hydroxylation is 1. The Morgan fingerprint density at radius 1 is 1.18 bits per heavy atom. The average Bonchev–Trinajstić information content (AvgIpc) is 2.91. The van der Waals surface area contributed by atoms with Crippen molar-refractivity contribution in [1.29, 1.82) is 0 Å². The smallest absolute Gasteiger partial charge is 0.223 e. The van der Waals surface area contributed by atoms with Crippen LogP contribution in [0.15, 0.2) is 48.7 Å². The predicted octanol–water partition coefficient (Wildman–Crippen LogP) is 3.91. The number of halogens is 1. The topological polar surface area (TPSA) is 36.4 Å². The molecule has 0 aliphatic carbocycles. The van der Waals surface area contributed by atoms with Crippen LogP contribution in [0.3, 0.4) is 0 Å². The van der Waals surface area contributed by atoms with E-state index in [0.717, 1.165) is 43.9 Å². The van der Waals surface area contributed by atoms with Crippen LogP contribution < -0.4 is 0 Å². The molecule has 1 aromatic heterocycles. The van der Waals surface area contributed by atoms with Gasteiger partial charge in [-0.1, -0.05) is 32.0 Å². The number of aromatic nitrogens is 1. The molecule has 5 heteroatoms. The van der Waals surface area contributed by atoms with Crippen molar-refractivity contribution in [2.45, 2.75) is 45.7 Å². The predicted molar refractivity (Wildman–Crippen MR) is 109 cm³/mol. The normalized spacial score (nSPS) is 18.3. The molecule has 150 valence electrons. The lowest BCUT2D eigenvalue weighted by atomic mass is 10.0. The van der Waals surface area contributed by atoms with Gasteiger partial charge in [-0.05, 0) is 48.6 Å². The van der Waals surface area contributed by atoms with Crippen molar-refractivity contribution in [3.63, 3.8) is 0 Å². The van der Waals surface area contributed by atoms with E-state index in [1.54, 1.807) is 6.20 Å². The summed E-state index contributed by atoms with van der Waals surface area (Å²) in [5.41, 5.74) is 2.07. The van der Waals surface area contributed by atoms with Crippen LogP contribution in [0, 0.1) is 11.7 Å². The Bertz CT molecular complexity index is 748. The van der Waals surface area contributed by atoms with Gasteiger partial charge in [0.2, 0.25) is 5.91 Å². The molecule has 0 spiro atoms. The zero-order valence-electron chi connectivity index (χ0n) is 16.9. The van der Waals surface area contributed by atoms with Crippen molar-refractivity contribution in [3.8, 4) is 0 Å². The fraction of sp³-hybridized carbons (Fsp3) is 0.478. The van der Waals surface area contributed by atoms with E-state index in [1.165, 1.54) is 12.1 Å². The molecule has 2 heterocycles. The van der Waals surface area contributed by atoms with E-state index in [-0.39, 0.29) is 11.7 Å². The molecular weight excluding hydrogens is 353 g/mol. The molecule has 3 rings (SSSR count). The van der Waals surface area contributed by atoms with E-state index in [0.29, 0.717) is 24.8 Å². The standard InChI is InChI=1S/C23H30FN3O/c1-18(2)22-17-27(23(28)12-11-21-6-3-4-13-25-21)15-5-14-26(22)16-19-7-9-20(24)10-8-19/h3-4,6-10,13,18,22H,5,11-12,14-17H2,1-2H3. The number of benzene rings is 1. The molecule has 1 saturated heterocycles. The lowest BCUT2D eigenvalue weighted by Gasteiger charge is -2.34. The summed E-state index contributed by atoms with van der Waals surface area (Å²) in [7, 11) is 0. The molecule has 0 N–H and O–H groups in total. The number of hydrogen-bond acceptors (Lipinski definition) is 3. The van der Waals surface area contributed by atoms with Crippen LogP contribution in [0.2, 0.25) is 0 Å². The van der Waals surface area contributed by atoms with Gasteiger partial charge in [0, 0.05) is 50.5 Å². The van der Waals surface area contributed by atoms with E-state index in [9.17, 15) is 9.18 Å². The van der Waals surface area contributed by atoms with Crippen molar-refractivity contribution < 1.29 is 9.18 Å². The molecular formula is C23H30FN3O. The molecule has 1 fully saturated rings. The van der Waals surface area contributed by atoms with Gasteiger partial charge in [-0.15, -0.1) is 0 Å². The second-order valence-electron chi connectivity index (χ2n) is 7.92. The first-order chi connectivity index (χ1) is 13.5. The molecule has 1 aromatic carbocycles. The van der Waals surface area contributed by atoms with Crippen LogP contribution in [0.1, 0.15) is 37.9 Å². The Hall–Kier alpha value is -2.27. The third kappa shape index (κ3) is 5.61. The Morgan fingerprint density at radius 2 is 1.96 bits per heavy atom. The molecule has 4 nitrogen and oxygen atoms in total. The first-order valence-corrected chi connectivity index (χ1v) is 10.2. The number of carbonyl (C=O) groups is 1. The van der Waals surface area contributed by atoms with Crippen LogP contribution >= 0.6 is 0 Å². The van der Waals surface area contributed by atoms with Crippen LogP contribution in [-0.4, -0.2) is 46.4 Å². The third-order valence-electron chi connectivity index (χ3n) is 5.49. The minimum Gasteiger partial charge on any atom is -0.341 e. The van der Waals surface area contributed by atoms with Gasteiger partial charge in [0.05, 0.1) is 0 Å². The maximum absolute atomic E-state index is 13.2. The summed E-state index contributed by atoms with van der Waals surface area (Å²) in [6.07, 6.45) is 3.91. The molecule has 0 saturated carbocycles. The summed E-state index contributed by atoms with van der Waals surface area (Å²) in [5, 5.41) is 0. The Kier molecular flexibility index (Phi) is 7.15. The highest BCUT2D eigenvalue weighted by Crippen LogP contribution is 2.21. The van der Waals surface area contributed by atoms with E-state index >= 15 is 0 Å². The summed E-state index contributed by atoms with van der Waals surface area (Å²) < 4.78 is 13.2. The Balaban J connectivity index is 1.62. The molecule has 1 atom stereocenters. The Labute approximate surface area is 167 Å². The second kappa shape index (κ2) is 9.78. The van der Waals surface area contributed by atoms with Gasteiger partial charge in [0.25, 0.3) is 0 Å². The van der Waals surface area contributed by atoms with Crippen LogP contribution in [0.4, 0.5) is 4.39 Å². The molecule has 1 aliphatic rings. The monoisotopic (exact) mass is 383 g/mol. The molecule has 28 heavy (non-hydrogen) atoms. The number of nitrogens with zero attached hydrogens (tertiary/aromatic N) is 3. The largest absolute Gasteiger partial charge is 0.341 e. The first-order valence-electron chi connectivity index (χ1n) is 10.2. The van der Waals surface area contributed by atoms with Gasteiger partial charge in [-0.2, -0.15) is 0 Å². The summed E-state index contributed by atoms with van der Waals surface area (Å²) in [6.45, 7) is 7.71. The zero-order valence-corrected chi connectivity index (χ0v) is 16.9. The van der Waals surface area contributed by atoms with Gasteiger partial charge in [-0.3, -0.25) is 14.7 Å². The SMILES string of the molecule is CC(C)C1CN(C(=O)CCc2ccccn2)CCCN1Cc1ccc(F)cc1. The highest BCUT2D eigenvalue weighted by molar-refractivity contribution is 5.76. The van der Waals surface area contributed by atoms with Gasteiger partial charge < -0.3 is 4.90 Å². The number of amides is 1. The maximum Gasteiger partial charge on any atom is 0.223 e. The van der Waals surface area contributed by atoms with E-state index in [2.05, 4.69) is 23.7 Å². The fourth-order valence-corrected chi connectivity index (χ4v) is 3.88. The fourth-order valence-electron chi connectivity index (χ4n) is 3.88. The molecule has 2 aromatic rings.